The number of carboxylic acids is 1. The predicted octanol–water partition coefficient (Wildman–Crippen LogP) is 1.91. The summed E-state index contributed by atoms with van der Waals surface area (Å²) in [6, 6.07) is 6.07. The van der Waals surface area contributed by atoms with Crippen molar-refractivity contribution >= 4 is 23.2 Å². The highest BCUT2D eigenvalue weighted by Crippen LogP contribution is 2.10. The van der Waals surface area contributed by atoms with Crippen molar-refractivity contribution in [2.75, 3.05) is 0 Å². The summed E-state index contributed by atoms with van der Waals surface area (Å²) in [7, 11) is 0. The average Bonchev–Trinajstić information content (AvgIpc) is 2.87. The summed E-state index contributed by atoms with van der Waals surface area (Å²) < 4.78 is 13.3. The third-order valence-electron chi connectivity index (χ3n) is 2.31. The molecule has 0 atom stereocenters. The molecule has 2 rings (SSSR count). The Hall–Kier alpha value is -2.28. The van der Waals surface area contributed by atoms with Gasteiger partial charge in [0, 0.05) is 17.5 Å². The van der Waals surface area contributed by atoms with E-state index in [1.54, 1.807) is 18.2 Å². The van der Waals surface area contributed by atoms with Gasteiger partial charge in [-0.2, -0.15) is 0 Å². The first-order valence-corrected chi connectivity index (χ1v) is 6.16. The number of hydrogen-bond donors (Lipinski definition) is 2. The molecule has 0 radical (unpaired) electrons. The van der Waals surface area contributed by atoms with Crippen LogP contribution in [-0.4, -0.2) is 22.0 Å². The summed E-state index contributed by atoms with van der Waals surface area (Å²) in [5, 5.41) is 12.5. The third kappa shape index (κ3) is 3.14. The number of hydrogen-bond acceptors (Lipinski definition) is 4. The molecule has 7 heteroatoms. The zero-order chi connectivity index (χ0) is 13.8. The fraction of sp³-hybridized carbons (Fsp3) is 0.0833. The summed E-state index contributed by atoms with van der Waals surface area (Å²) in [4.78, 5) is 26.0. The molecule has 0 aliphatic carbocycles. The van der Waals surface area contributed by atoms with E-state index in [4.69, 9.17) is 5.11 Å². The first kappa shape index (κ1) is 13.2. The van der Waals surface area contributed by atoms with Crippen LogP contribution in [0.15, 0.2) is 29.6 Å². The van der Waals surface area contributed by atoms with Gasteiger partial charge in [-0.1, -0.05) is 18.2 Å². The summed E-state index contributed by atoms with van der Waals surface area (Å²) in [6.45, 7) is 0.0213. The Kier molecular flexibility index (Phi) is 3.86. The van der Waals surface area contributed by atoms with Gasteiger partial charge in [0.25, 0.3) is 5.91 Å². The topological polar surface area (TPSA) is 79.3 Å². The standard InChI is InChI=1S/C12H9FN2O3S/c13-8-4-2-1-3-7(8)5-14-10(16)11-15-9(6-19-11)12(17)18/h1-4,6H,5H2,(H,14,16)(H,17,18). The molecule has 1 aromatic carbocycles. The Balaban J connectivity index is 2.01. The minimum atomic E-state index is -1.19. The molecule has 0 aliphatic heterocycles. The van der Waals surface area contributed by atoms with E-state index in [0.717, 1.165) is 11.3 Å². The second kappa shape index (κ2) is 5.57. The Morgan fingerprint density at radius 3 is 2.74 bits per heavy atom. The van der Waals surface area contributed by atoms with Gasteiger partial charge in [-0.25, -0.2) is 14.2 Å². The molecule has 5 nitrogen and oxygen atoms in total. The normalized spacial score (nSPS) is 10.2. The van der Waals surface area contributed by atoms with Crippen LogP contribution in [0.5, 0.6) is 0 Å². The summed E-state index contributed by atoms with van der Waals surface area (Å²) in [5.41, 5.74) is 0.173. The number of amides is 1. The van der Waals surface area contributed by atoms with Crippen LogP contribution >= 0.6 is 11.3 Å². The molecule has 2 N–H and O–H groups in total. The highest BCUT2D eigenvalue weighted by molar-refractivity contribution is 7.11. The Morgan fingerprint density at radius 2 is 2.11 bits per heavy atom. The summed E-state index contributed by atoms with van der Waals surface area (Å²) in [5.74, 6) is -2.13. The Morgan fingerprint density at radius 1 is 1.37 bits per heavy atom. The Labute approximate surface area is 111 Å². The summed E-state index contributed by atoms with van der Waals surface area (Å²) in [6.07, 6.45) is 0. The molecule has 98 valence electrons. The van der Waals surface area contributed by atoms with Crippen LogP contribution in [0.1, 0.15) is 25.9 Å². The molecule has 0 aliphatic rings. The quantitative estimate of drug-likeness (QED) is 0.896. The monoisotopic (exact) mass is 280 g/mol. The lowest BCUT2D eigenvalue weighted by Crippen LogP contribution is -2.23. The molecular weight excluding hydrogens is 271 g/mol. The molecule has 0 spiro atoms. The molecule has 1 heterocycles. The predicted molar refractivity (Wildman–Crippen MR) is 66.6 cm³/mol. The van der Waals surface area contributed by atoms with E-state index in [9.17, 15) is 14.0 Å². The van der Waals surface area contributed by atoms with Crippen molar-refractivity contribution in [2.24, 2.45) is 0 Å². The lowest BCUT2D eigenvalue weighted by atomic mass is 10.2. The molecule has 1 amide bonds. The number of benzene rings is 1. The molecule has 2 aromatic rings. The van der Waals surface area contributed by atoms with Crippen molar-refractivity contribution in [3.05, 3.63) is 51.7 Å². The minimum Gasteiger partial charge on any atom is -0.476 e. The van der Waals surface area contributed by atoms with E-state index >= 15 is 0 Å². The van der Waals surface area contributed by atoms with Gasteiger partial charge >= 0.3 is 5.97 Å². The van der Waals surface area contributed by atoms with Crippen LogP contribution in [0.2, 0.25) is 0 Å². The number of carbonyl (C=O) groups excluding carboxylic acids is 1. The average molecular weight is 280 g/mol. The molecule has 0 unspecified atom stereocenters. The van der Waals surface area contributed by atoms with Gasteiger partial charge in [-0.05, 0) is 6.07 Å². The fourth-order valence-corrected chi connectivity index (χ4v) is 2.08. The van der Waals surface area contributed by atoms with Crippen molar-refractivity contribution in [1.29, 1.82) is 0 Å². The number of rotatable bonds is 4. The smallest absolute Gasteiger partial charge is 0.355 e. The van der Waals surface area contributed by atoms with Crippen LogP contribution in [0.4, 0.5) is 4.39 Å². The van der Waals surface area contributed by atoms with Crippen molar-refractivity contribution in [1.82, 2.24) is 10.3 Å². The molecule has 0 fully saturated rings. The minimum absolute atomic E-state index is 0.0213. The lowest BCUT2D eigenvalue weighted by Gasteiger charge is -2.04. The van der Waals surface area contributed by atoms with E-state index in [1.807, 2.05) is 0 Å². The summed E-state index contributed by atoms with van der Waals surface area (Å²) >= 11 is 0.928. The Bertz CT molecular complexity index is 627. The fourth-order valence-electron chi connectivity index (χ4n) is 1.37. The highest BCUT2D eigenvalue weighted by atomic mass is 32.1. The zero-order valence-corrected chi connectivity index (χ0v) is 10.4. The molecule has 0 saturated heterocycles. The molecule has 1 aromatic heterocycles. The van der Waals surface area contributed by atoms with Crippen molar-refractivity contribution in [3.8, 4) is 0 Å². The van der Waals surface area contributed by atoms with Gasteiger partial charge in [0.15, 0.2) is 10.7 Å². The maximum atomic E-state index is 13.3. The van der Waals surface area contributed by atoms with Crippen LogP contribution in [0, 0.1) is 5.82 Å². The van der Waals surface area contributed by atoms with E-state index in [1.165, 1.54) is 11.4 Å². The van der Waals surface area contributed by atoms with Crippen LogP contribution in [0.25, 0.3) is 0 Å². The number of aromatic carboxylic acids is 1. The lowest BCUT2D eigenvalue weighted by molar-refractivity contribution is 0.0691. The first-order valence-electron chi connectivity index (χ1n) is 5.28. The number of thiazole rings is 1. The number of halogens is 1. The van der Waals surface area contributed by atoms with Crippen LogP contribution in [-0.2, 0) is 6.54 Å². The van der Waals surface area contributed by atoms with Crippen molar-refractivity contribution in [3.63, 3.8) is 0 Å². The molecule has 19 heavy (non-hydrogen) atoms. The molecule has 0 saturated carbocycles. The van der Waals surface area contributed by atoms with Crippen molar-refractivity contribution in [2.45, 2.75) is 6.54 Å². The van der Waals surface area contributed by atoms with E-state index in [-0.39, 0.29) is 17.2 Å². The number of nitrogens with one attached hydrogen (secondary N) is 1. The third-order valence-corrected chi connectivity index (χ3v) is 3.16. The van der Waals surface area contributed by atoms with Gasteiger partial charge in [0.05, 0.1) is 0 Å². The zero-order valence-electron chi connectivity index (χ0n) is 9.59. The van der Waals surface area contributed by atoms with E-state index < -0.39 is 17.7 Å². The van der Waals surface area contributed by atoms with E-state index in [0.29, 0.717) is 5.56 Å². The maximum Gasteiger partial charge on any atom is 0.355 e. The van der Waals surface area contributed by atoms with Gasteiger partial charge in [-0.3, -0.25) is 4.79 Å². The van der Waals surface area contributed by atoms with Gasteiger partial charge in [0.1, 0.15) is 5.82 Å². The van der Waals surface area contributed by atoms with Gasteiger partial charge < -0.3 is 10.4 Å². The SMILES string of the molecule is O=C(O)c1csc(C(=O)NCc2ccccc2F)n1. The van der Waals surface area contributed by atoms with Crippen LogP contribution < -0.4 is 5.32 Å². The van der Waals surface area contributed by atoms with Crippen molar-refractivity contribution < 1.29 is 19.1 Å². The number of aromatic nitrogens is 1. The second-order valence-electron chi connectivity index (χ2n) is 3.62. The molecule has 0 bridgehead atoms. The second-order valence-corrected chi connectivity index (χ2v) is 4.48. The maximum absolute atomic E-state index is 13.3. The van der Waals surface area contributed by atoms with Gasteiger partial charge in [-0.15, -0.1) is 11.3 Å². The van der Waals surface area contributed by atoms with E-state index in [2.05, 4.69) is 10.3 Å². The first-order chi connectivity index (χ1) is 9.08. The molecular formula is C12H9FN2O3S. The van der Waals surface area contributed by atoms with Gasteiger partial charge in [0.2, 0.25) is 0 Å². The number of nitrogens with zero attached hydrogens (tertiary/aromatic N) is 1. The van der Waals surface area contributed by atoms with Crippen LogP contribution in [0.3, 0.4) is 0 Å². The number of carboxylic acid groups (broad SMARTS) is 1. The largest absolute Gasteiger partial charge is 0.476 e. The highest BCUT2D eigenvalue weighted by Gasteiger charge is 2.14. The number of carbonyl (C=O) groups is 2.